The predicted molar refractivity (Wildman–Crippen MR) is 104 cm³/mol. The first-order chi connectivity index (χ1) is 11.1. The molecule has 1 aromatic carbocycles. The average Bonchev–Trinajstić information content (AvgIpc) is 2.58. The number of ether oxygens (including phenoxy) is 1. The Morgan fingerprint density at radius 2 is 2.17 bits per heavy atom. The lowest BCUT2D eigenvalue weighted by Crippen LogP contribution is -2.49. The Hall–Kier alpha value is -0.460. The van der Waals surface area contributed by atoms with Gasteiger partial charge in [-0.05, 0) is 49.0 Å². The largest absolute Gasteiger partial charge is 0.381 e. The van der Waals surface area contributed by atoms with Crippen molar-refractivity contribution in [2.45, 2.75) is 30.7 Å². The van der Waals surface area contributed by atoms with Crippen molar-refractivity contribution in [3.63, 3.8) is 0 Å². The van der Waals surface area contributed by atoms with Gasteiger partial charge in [0.05, 0.1) is 6.04 Å². The molecule has 1 heterocycles. The van der Waals surface area contributed by atoms with Gasteiger partial charge in [-0.3, -0.25) is 4.79 Å². The van der Waals surface area contributed by atoms with Crippen molar-refractivity contribution in [2.24, 2.45) is 5.73 Å². The van der Waals surface area contributed by atoms with Gasteiger partial charge in [0.1, 0.15) is 0 Å². The van der Waals surface area contributed by atoms with Gasteiger partial charge in [-0.15, -0.1) is 12.4 Å². The van der Waals surface area contributed by atoms with Gasteiger partial charge >= 0.3 is 0 Å². The van der Waals surface area contributed by atoms with E-state index in [1.807, 2.05) is 24.5 Å². The average molecular weight is 393 g/mol. The molecular weight excluding hydrogens is 367 g/mol. The molecule has 7 heteroatoms. The minimum Gasteiger partial charge on any atom is -0.381 e. The van der Waals surface area contributed by atoms with Crippen LogP contribution in [0.15, 0.2) is 24.3 Å². The van der Waals surface area contributed by atoms with Crippen molar-refractivity contribution in [1.82, 2.24) is 5.32 Å². The molecule has 1 saturated heterocycles. The number of halogens is 2. The first-order valence-electron chi connectivity index (χ1n) is 7.93. The Morgan fingerprint density at radius 3 is 2.79 bits per heavy atom. The third kappa shape index (κ3) is 5.81. The molecule has 0 radical (unpaired) electrons. The van der Waals surface area contributed by atoms with Crippen molar-refractivity contribution in [3.8, 4) is 0 Å². The number of nitrogens with two attached hydrogens (primary N) is 1. The van der Waals surface area contributed by atoms with Crippen LogP contribution in [0.4, 0.5) is 0 Å². The van der Waals surface area contributed by atoms with E-state index >= 15 is 0 Å². The summed E-state index contributed by atoms with van der Waals surface area (Å²) in [6, 6.07) is 7.46. The third-order valence-electron chi connectivity index (χ3n) is 4.46. The second kappa shape index (κ2) is 10.5. The Labute approximate surface area is 159 Å². The van der Waals surface area contributed by atoms with Crippen molar-refractivity contribution < 1.29 is 9.53 Å². The van der Waals surface area contributed by atoms with Gasteiger partial charge in [0.15, 0.2) is 0 Å². The van der Waals surface area contributed by atoms with E-state index in [1.54, 1.807) is 11.8 Å². The molecule has 1 aliphatic heterocycles. The quantitative estimate of drug-likeness (QED) is 0.748. The highest BCUT2D eigenvalue weighted by atomic mass is 35.5. The maximum atomic E-state index is 12.2. The van der Waals surface area contributed by atoms with Crippen molar-refractivity contribution in [2.75, 3.05) is 31.8 Å². The summed E-state index contributed by atoms with van der Waals surface area (Å²) < 4.78 is 5.51. The van der Waals surface area contributed by atoms with Crippen LogP contribution in [0.1, 0.15) is 24.8 Å². The number of carbonyl (C=O) groups excluding carboxylic acids is 1. The van der Waals surface area contributed by atoms with Crippen molar-refractivity contribution in [1.29, 1.82) is 0 Å². The monoisotopic (exact) mass is 392 g/mol. The molecule has 0 unspecified atom stereocenters. The van der Waals surface area contributed by atoms with E-state index < -0.39 is 6.04 Å². The van der Waals surface area contributed by atoms with E-state index in [2.05, 4.69) is 11.4 Å². The second-order valence-corrected chi connectivity index (χ2v) is 7.43. The van der Waals surface area contributed by atoms with E-state index in [1.165, 1.54) is 0 Å². The summed E-state index contributed by atoms with van der Waals surface area (Å²) in [7, 11) is 0. The predicted octanol–water partition coefficient (Wildman–Crippen LogP) is 3.01. The van der Waals surface area contributed by atoms with Crippen LogP contribution in [0.3, 0.4) is 0 Å². The minimum absolute atomic E-state index is 0. The Bertz CT molecular complexity index is 525. The second-order valence-electron chi connectivity index (χ2n) is 6.01. The molecule has 1 amide bonds. The first kappa shape index (κ1) is 21.6. The van der Waals surface area contributed by atoms with E-state index in [9.17, 15) is 4.79 Å². The standard InChI is InChI=1S/C17H25ClN2O2S.ClH/c1-23-10-5-15(19)16(21)20-12-17(6-8-22-9-7-17)13-3-2-4-14(18)11-13;/h2-4,11,15H,5-10,12,19H2,1H3,(H,20,21);1H/t15-;/m0./s1. The molecule has 0 saturated carbocycles. The first-order valence-corrected chi connectivity index (χ1v) is 9.71. The van der Waals surface area contributed by atoms with Gasteiger partial charge in [0.25, 0.3) is 0 Å². The van der Waals surface area contributed by atoms with Crippen molar-refractivity contribution in [3.05, 3.63) is 34.9 Å². The van der Waals surface area contributed by atoms with Crippen LogP contribution in [0.25, 0.3) is 0 Å². The maximum absolute atomic E-state index is 12.2. The Balaban J connectivity index is 0.00000288. The van der Waals surface area contributed by atoms with Crippen LogP contribution >= 0.6 is 35.8 Å². The molecule has 136 valence electrons. The summed E-state index contributed by atoms with van der Waals surface area (Å²) >= 11 is 7.86. The maximum Gasteiger partial charge on any atom is 0.236 e. The fourth-order valence-corrected chi connectivity index (χ4v) is 3.59. The highest BCUT2D eigenvalue weighted by Gasteiger charge is 2.35. The van der Waals surface area contributed by atoms with Crippen LogP contribution in [0.5, 0.6) is 0 Å². The van der Waals surface area contributed by atoms with Crippen LogP contribution in [-0.2, 0) is 14.9 Å². The van der Waals surface area contributed by atoms with Crippen molar-refractivity contribution >= 4 is 41.7 Å². The molecule has 1 aromatic rings. The fourth-order valence-electron chi connectivity index (χ4n) is 2.91. The number of thioether (sulfide) groups is 1. The van der Waals surface area contributed by atoms with Crippen LogP contribution in [-0.4, -0.2) is 43.7 Å². The molecule has 2 rings (SSSR count). The van der Waals surface area contributed by atoms with Crippen LogP contribution < -0.4 is 11.1 Å². The summed E-state index contributed by atoms with van der Waals surface area (Å²) in [4.78, 5) is 12.2. The van der Waals surface area contributed by atoms with Crippen LogP contribution in [0, 0.1) is 0 Å². The van der Waals surface area contributed by atoms with E-state index in [0.29, 0.717) is 26.2 Å². The highest BCUT2D eigenvalue weighted by molar-refractivity contribution is 7.98. The summed E-state index contributed by atoms with van der Waals surface area (Å²) in [6.45, 7) is 1.96. The molecule has 1 atom stereocenters. The third-order valence-corrected chi connectivity index (χ3v) is 5.34. The molecule has 0 spiro atoms. The molecule has 0 aliphatic carbocycles. The molecule has 3 N–H and O–H groups in total. The topological polar surface area (TPSA) is 64.4 Å². The lowest BCUT2D eigenvalue weighted by molar-refractivity contribution is -0.122. The smallest absolute Gasteiger partial charge is 0.236 e. The molecule has 0 aromatic heterocycles. The van der Waals surface area contributed by atoms with Gasteiger partial charge in [-0.25, -0.2) is 0 Å². The van der Waals surface area contributed by atoms with Gasteiger partial charge < -0.3 is 15.8 Å². The number of benzene rings is 1. The van der Waals surface area contributed by atoms with Crippen LogP contribution in [0.2, 0.25) is 5.02 Å². The van der Waals surface area contributed by atoms with E-state index in [4.69, 9.17) is 22.1 Å². The highest BCUT2D eigenvalue weighted by Crippen LogP contribution is 2.35. The Morgan fingerprint density at radius 1 is 1.46 bits per heavy atom. The molecule has 1 aliphatic rings. The van der Waals surface area contributed by atoms with Gasteiger partial charge in [-0.2, -0.15) is 11.8 Å². The summed E-state index contributed by atoms with van der Waals surface area (Å²) in [5.74, 6) is 0.814. The summed E-state index contributed by atoms with van der Waals surface area (Å²) in [5, 5.41) is 3.77. The normalized spacial score (nSPS) is 17.6. The lowest BCUT2D eigenvalue weighted by Gasteiger charge is -2.38. The van der Waals surface area contributed by atoms with Gasteiger partial charge in [-0.1, -0.05) is 23.7 Å². The number of nitrogens with one attached hydrogen (secondary N) is 1. The fraction of sp³-hybridized carbons (Fsp3) is 0.588. The zero-order chi connectivity index (χ0) is 16.7. The number of hydrogen-bond acceptors (Lipinski definition) is 4. The summed E-state index contributed by atoms with van der Waals surface area (Å²) in [5.41, 5.74) is 6.99. The molecule has 4 nitrogen and oxygen atoms in total. The SMILES string of the molecule is CSCC[C@H](N)C(=O)NCC1(c2cccc(Cl)c2)CCOCC1.Cl. The molecular formula is C17H26Cl2N2O2S. The zero-order valence-electron chi connectivity index (χ0n) is 13.9. The lowest BCUT2D eigenvalue weighted by atomic mass is 9.74. The molecule has 24 heavy (non-hydrogen) atoms. The molecule has 0 bridgehead atoms. The van der Waals surface area contributed by atoms with E-state index in [-0.39, 0.29) is 23.7 Å². The summed E-state index contributed by atoms with van der Waals surface area (Å²) in [6.07, 6.45) is 4.45. The van der Waals surface area contributed by atoms with Gasteiger partial charge in [0.2, 0.25) is 5.91 Å². The van der Waals surface area contributed by atoms with Gasteiger partial charge in [0, 0.05) is 30.2 Å². The minimum atomic E-state index is -0.446. The zero-order valence-corrected chi connectivity index (χ0v) is 16.3. The Kier molecular flexibility index (Phi) is 9.45. The number of carbonyl (C=O) groups is 1. The van der Waals surface area contributed by atoms with E-state index in [0.717, 1.165) is 29.2 Å². The number of hydrogen-bond donors (Lipinski definition) is 2. The number of amides is 1. The number of rotatable bonds is 7. The molecule has 1 fully saturated rings.